The molecule has 208 valence electrons. The van der Waals surface area contributed by atoms with Crippen LogP contribution in [0.25, 0.3) is 0 Å². The van der Waals surface area contributed by atoms with E-state index in [0.717, 1.165) is 67.4 Å². The van der Waals surface area contributed by atoms with Gasteiger partial charge in [-0.15, -0.1) is 0 Å². The van der Waals surface area contributed by atoms with Gasteiger partial charge in [0, 0.05) is 41.5 Å². The third kappa shape index (κ3) is 2.74. The van der Waals surface area contributed by atoms with E-state index in [0.29, 0.717) is 6.04 Å². The van der Waals surface area contributed by atoms with Crippen molar-refractivity contribution in [2.45, 2.75) is 81.1 Å². The summed E-state index contributed by atoms with van der Waals surface area (Å²) < 4.78 is 25.2. The lowest BCUT2D eigenvalue weighted by molar-refractivity contribution is -0.324. The predicted octanol–water partition coefficient (Wildman–Crippen LogP) is 5.05. The van der Waals surface area contributed by atoms with Gasteiger partial charge in [0.1, 0.15) is 17.5 Å². The number of aliphatic hydroxyl groups excluding tert-OH is 1. The largest absolute Gasteiger partial charge is 0.497 e. The monoisotopic (exact) mass is 531 g/mol. The van der Waals surface area contributed by atoms with E-state index in [2.05, 4.69) is 24.0 Å². The van der Waals surface area contributed by atoms with Crippen molar-refractivity contribution in [1.82, 2.24) is 4.90 Å². The molecule has 1 N–H and O–H groups in total. The molecule has 2 aliphatic heterocycles. The first-order valence-electron chi connectivity index (χ1n) is 14.9. The predicted molar refractivity (Wildman–Crippen MR) is 148 cm³/mol. The number of methoxy groups -OCH3 is 3. The van der Waals surface area contributed by atoms with Gasteiger partial charge in [0.25, 0.3) is 0 Å². The molecule has 2 heterocycles. The smallest absolute Gasteiger partial charge is 0.165 e. The molecule has 2 aromatic carbocycles. The van der Waals surface area contributed by atoms with Crippen molar-refractivity contribution in [1.29, 1.82) is 0 Å². The van der Waals surface area contributed by atoms with Crippen molar-refractivity contribution in [2.75, 3.05) is 34.4 Å². The fourth-order valence-corrected chi connectivity index (χ4v) is 10.5. The van der Waals surface area contributed by atoms with Crippen molar-refractivity contribution in [2.24, 2.45) is 16.7 Å². The Morgan fingerprint density at radius 1 is 1.03 bits per heavy atom. The maximum atomic E-state index is 12.3. The van der Waals surface area contributed by atoms with E-state index in [9.17, 15) is 5.11 Å². The number of ether oxygens (including phenoxy) is 4. The minimum atomic E-state index is -0.689. The zero-order valence-corrected chi connectivity index (χ0v) is 23.7. The van der Waals surface area contributed by atoms with Crippen LogP contribution in [-0.2, 0) is 16.6 Å². The molecule has 9 rings (SSSR count). The molecule has 0 radical (unpaired) electrons. The summed E-state index contributed by atoms with van der Waals surface area (Å²) in [5.41, 5.74) is 2.47. The van der Waals surface area contributed by atoms with Crippen molar-refractivity contribution in [3.63, 3.8) is 0 Å². The van der Waals surface area contributed by atoms with Crippen LogP contribution in [0.1, 0.15) is 68.2 Å². The van der Waals surface area contributed by atoms with E-state index in [1.54, 1.807) is 14.2 Å². The van der Waals surface area contributed by atoms with Gasteiger partial charge in [-0.1, -0.05) is 25.1 Å². The summed E-state index contributed by atoms with van der Waals surface area (Å²) in [6.45, 7) is 4.59. The second-order valence-electron chi connectivity index (χ2n) is 13.5. The van der Waals surface area contributed by atoms with Gasteiger partial charge in [-0.05, 0) is 86.7 Å². The van der Waals surface area contributed by atoms with Crippen molar-refractivity contribution < 1.29 is 24.1 Å². The molecule has 0 unspecified atom stereocenters. The summed E-state index contributed by atoms with van der Waals surface area (Å²) in [5, 5.41) is 12.3. The first-order valence-corrected chi connectivity index (χ1v) is 14.9. The summed E-state index contributed by atoms with van der Waals surface area (Å²) in [4.78, 5) is 2.84. The number of rotatable bonds is 7. The third-order valence-electron chi connectivity index (χ3n) is 12.3. The standard InChI is InChI=1S/C33H41NO5/c1-30(28(35)21-7-10-23(36-2)11-8-21)19-31-13-14-33(30,38-4)29-32(31)15-16-34(18-20-5-6-20)25(31)17-22-9-12-24(37-3)27(39-29)26(22)32/h7-12,20,25,28-29,35H,5-6,13-19H2,1-4H3/t25-,28-,29-,30-,31-,32+,33+/m1/s1. The molecule has 0 amide bonds. The molecular formula is C33H41NO5. The molecule has 7 atom stereocenters. The van der Waals surface area contributed by atoms with Crippen LogP contribution in [0.3, 0.4) is 0 Å². The van der Waals surface area contributed by atoms with Crippen LogP contribution >= 0.6 is 0 Å². The van der Waals surface area contributed by atoms with Gasteiger partial charge >= 0.3 is 0 Å². The molecule has 5 fully saturated rings. The number of hydrogen-bond acceptors (Lipinski definition) is 6. The van der Waals surface area contributed by atoms with Gasteiger partial charge in [0.05, 0.1) is 20.3 Å². The molecule has 1 saturated heterocycles. The lowest BCUT2D eigenvalue weighted by Gasteiger charge is -2.76. The fraction of sp³-hybridized carbons (Fsp3) is 0.636. The van der Waals surface area contributed by atoms with E-state index < -0.39 is 17.1 Å². The molecule has 5 aliphatic carbocycles. The number of nitrogens with zero attached hydrogens (tertiary/aromatic N) is 1. The lowest BCUT2D eigenvalue weighted by Crippen LogP contribution is -2.83. The van der Waals surface area contributed by atoms with Crippen molar-refractivity contribution in [3.05, 3.63) is 53.1 Å². The molecule has 7 aliphatic rings. The average Bonchev–Trinajstić information content (AvgIpc) is 3.71. The molecule has 4 bridgehead atoms. The van der Waals surface area contributed by atoms with Crippen LogP contribution < -0.4 is 14.2 Å². The first kappa shape index (κ1) is 24.5. The van der Waals surface area contributed by atoms with Crippen LogP contribution in [0.2, 0.25) is 0 Å². The van der Waals surface area contributed by atoms with E-state index in [1.807, 2.05) is 31.4 Å². The molecule has 0 aromatic heterocycles. The lowest BCUT2D eigenvalue weighted by atomic mass is 9.31. The molecule has 39 heavy (non-hydrogen) atoms. The Balaban J connectivity index is 1.34. The molecule has 2 aromatic rings. The zero-order valence-electron chi connectivity index (χ0n) is 23.7. The number of piperidine rings is 1. The second-order valence-corrected chi connectivity index (χ2v) is 13.5. The van der Waals surface area contributed by atoms with E-state index in [1.165, 1.54) is 30.5 Å². The summed E-state index contributed by atoms with van der Waals surface area (Å²) in [7, 11) is 5.28. The average molecular weight is 532 g/mol. The Morgan fingerprint density at radius 2 is 1.82 bits per heavy atom. The van der Waals surface area contributed by atoms with Gasteiger partial charge in [-0.2, -0.15) is 0 Å². The minimum absolute atomic E-state index is 0.0118. The van der Waals surface area contributed by atoms with E-state index in [-0.39, 0.29) is 16.9 Å². The molecule has 2 spiro atoms. The maximum Gasteiger partial charge on any atom is 0.165 e. The summed E-state index contributed by atoms with van der Waals surface area (Å²) >= 11 is 0. The Morgan fingerprint density at radius 3 is 2.51 bits per heavy atom. The number of hydrogen-bond donors (Lipinski definition) is 1. The number of likely N-dealkylation sites (tertiary alicyclic amines) is 1. The van der Waals surface area contributed by atoms with Crippen LogP contribution in [0.4, 0.5) is 0 Å². The number of fused-ring (bicyclic) bond motifs is 2. The Hall–Kier alpha value is -2.28. The van der Waals surface area contributed by atoms with Crippen molar-refractivity contribution in [3.8, 4) is 17.2 Å². The van der Waals surface area contributed by atoms with Crippen LogP contribution in [0.5, 0.6) is 17.2 Å². The van der Waals surface area contributed by atoms with Crippen LogP contribution in [0, 0.1) is 16.7 Å². The highest BCUT2D eigenvalue weighted by atomic mass is 16.6. The SMILES string of the molecule is COc1ccc([C@@H](O)[C@@]2(C)C[C@@]34CC[C@]2(OC)[C@@H]2Oc5c(OC)ccc6c5[C@@]23CCN(CC2CC2)[C@@H]4C6)cc1. The highest BCUT2D eigenvalue weighted by molar-refractivity contribution is 5.64. The van der Waals surface area contributed by atoms with Gasteiger partial charge in [0.2, 0.25) is 0 Å². The molecular weight excluding hydrogens is 490 g/mol. The van der Waals surface area contributed by atoms with Crippen LogP contribution in [0.15, 0.2) is 36.4 Å². The minimum Gasteiger partial charge on any atom is -0.497 e. The maximum absolute atomic E-state index is 12.3. The Kier molecular flexibility index (Phi) is 4.98. The highest BCUT2D eigenvalue weighted by Gasteiger charge is 2.84. The van der Waals surface area contributed by atoms with E-state index in [4.69, 9.17) is 18.9 Å². The quantitative estimate of drug-likeness (QED) is 0.540. The highest BCUT2D eigenvalue weighted by Crippen LogP contribution is 2.80. The first-order chi connectivity index (χ1) is 18.9. The number of aliphatic hydroxyl groups is 1. The van der Waals surface area contributed by atoms with Gasteiger partial charge in [-0.3, -0.25) is 4.90 Å². The van der Waals surface area contributed by atoms with Crippen molar-refractivity contribution >= 4 is 0 Å². The van der Waals surface area contributed by atoms with Gasteiger partial charge < -0.3 is 24.1 Å². The van der Waals surface area contributed by atoms with Gasteiger partial charge in [0.15, 0.2) is 11.5 Å². The summed E-state index contributed by atoms with van der Waals surface area (Å²) in [5.74, 6) is 3.41. The number of benzene rings is 2. The normalized spacial score (nSPS) is 40.1. The second kappa shape index (κ2) is 7.92. The molecule has 6 heteroatoms. The summed E-state index contributed by atoms with van der Waals surface area (Å²) in [6, 6.07) is 12.8. The van der Waals surface area contributed by atoms with Crippen LogP contribution in [-0.4, -0.2) is 62.2 Å². The Labute approximate surface area is 231 Å². The topological polar surface area (TPSA) is 60.4 Å². The van der Waals surface area contributed by atoms with E-state index >= 15 is 0 Å². The molecule has 4 saturated carbocycles. The molecule has 6 nitrogen and oxygen atoms in total. The zero-order chi connectivity index (χ0) is 26.8. The summed E-state index contributed by atoms with van der Waals surface area (Å²) in [6.07, 6.45) is 6.92. The third-order valence-corrected chi connectivity index (χ3v) is 12.3. The van der Waals surface area contributed by atoms with Gasteiger partial charge in [-0.25, -0.2) is 0 Å². The Bertz CT molecular complexity index is 1320. The fourth-order valence-electron chi connectivity index (χ4n) is 10.5.